The first-order valence-corrected chi connectivity index (χ1v) is 11.2. The van der Waals surface area contributed by atoms with E-state index in [-0.39, 0.29) is 17.2 Å². The SMILES string of the molecule is CCN(CC)C(=O)CSc1nc2scc(-c3ccc(C)c(C)c3)c2c(=O)n1C. The van der Waals surface area contributed by atoms with Crippen molar-refractivity contribution >= 4 is 39.2 Å². The summed E-state index contributed by atoms with van der Waals surface area (Å²) in [5.74, 6) is 0.342. The summed E-state index contributed by atoms with van der Waals surface area (Å²) in [6.45, 7) is 9.45. The quantitative estimate of drug-likeness (QED) is 0.446. The molecule has 2 heterocycles. The lowest BCUT2D eigenvalue weighted by Gasteiger charge is -2.18. The Balaban J connectivity index is 1.97. The fraction of sp³-hybridized carbons (Fsp3) is 0.381. The standard InChI is InChI=1S/C21H25N3O2S2/c1-6-24(7-2)17(25)12-28-21-22-19-18(20(26)23(21)5)16(11-27-19)15-9-8-13(3)14(4)10-15/h8-11H,6-7,12H2,1-5H3. The first-order valence-electron chi connectivity index (χ1n) is 9.33. The average Bonchev–Trinajstić information content (AvgIpc) is 3.10. The van der Waals surface area contributed by atoms with Gasteiger partial charge in [0.05, 0.1) is 11.1 Å². The topological polar surface area (TPSA) is 55.2 Å². The van der Waals surface area contributed by atoms with Crippen molar-refractivity contribution < 1.29 is 4.79 Å². The van der Waals surface area contributed by atoms with Crippen molar-refractivity contribution in [2.24, 2.45) is 7.05 Å². The molecule has 1 aromatic carbocycles. The minimum atomic E-state index is -0.0720. The normalized spacial score (nSPS) is 11.2. The number of aromatic nitrogens is 2. The van der Waals surface area contributed by atoms with Crippen LogP contribution in [0.5, 0.6) is 0 Å². The molecule has 0 atom stereocenters. The van der Waals surface area contributed by atoms with E-state index in [1.165, 1.54) is 34.2 Å². The molecule has 28 heavy (non-hydrogen) atoms. The largest absolute Gasteiger partial charge is 0.343 e. The van der Waals surface area contributed by atoms with E-state index in [1.54, 1.807) is 16.5 Å². The summed E-state index contributed by atoms with van der Waals surface area (Å²) in [6, 6.07) is 6.24. The molecular formula is C21H25N3O2S2. The number of aryl methyl sites for hydroxylation is 2. The van der Waals surface area contributed by atoms with Gasteiger partial charge in [-0.2, -0.15) is 0 Å². The van der Waals surface area contributed by atoms with Crippen LogP contribution < -0.4 is 5.56 Å². The Hall–Kier alpha value is -2.12. The molecule has 0 fully saturated rings. The van der Waals surface area contributed by atoms with Gasteiger partial charge in [0, 0.05) is 31.1 Å². The summed E-state index contributed by atoms with van der Waals surface area (Å²) in [5, 5.41) is 3.22. The molecule has 7 heteroatoms. The van der Waals surface area contributed by atoms with Gasteiger partial charge in [0.2, 0.25) is 5.91 Å². The predicted octanol–water partition coefficient (Wildman–Crippen LogP) is 4.24. The zero-order valence-corrected chi connectivity index (χ0v) is 18.5. The fourth-order valence-corrected chi connectivity index (χ4v) is 4.96. The molecule has 0 aliphatic rings. The maximum atomic E-state index is 13.1. The van der Waals surface area contributed by atoms with Crippen LogP contribution in [0.4, 0.5) is 0 Å². The highest BCUT2D eigenvalue weighted by molar-refractivity contribution is 7.99. The van der Waals surface area contributed by atoms with E-state index in [4.69, 9.17) is 0 Å². The molecule has 0 bridgehead atoms. The molecular weight excluding hydrogens is 390 g/mol. The molecule has 0 saturated heterocycles. The van der Waals surface area contributed by atoms with E-state index in [9.17, 15) is 9.59 Å². The Bertz CT molecular complexity index is 1080. The van der Waals surface area contributed by atoms with Crippen molar-refractivity contribution in [2.45, 2.75) is 32.9 Å². The number of rotatable bonds is 6. The van der Waals surface area contributed by atoms with Crippen molar-refractivity contribution in [2.75, 3.05) is 18.8 Å². The third kappa shape index (κ3) is 3.86. The Morgan fingerprint density at radius 1 is 1.21 bits per heavy atom. The number of nitrogens with zero attached hydrogens (tertiary/aromatic N) is 3. The number of fused-ring (bicyclic) bond motifs is 1. The van der Waals surface area contributed by atoms with Gasteiger partial charge < -0.3 is 4.90 Å². The predicted molar refractivity (Wildman–Crippen MR) is 118 cm³/mol. The number of hydrogen-bond acceptors (Lipinski definition) is 5. The van der Waals surface area contributed by atoms with Crippen molar-refractivity contribution in [3.05, 3.63) is 45.1 Å². The molecule has 5 nitrogen and oxygen atoms in total. The third-order valence-electron chi connectivity index (χ3n) is 5.03. The minimum Gasteiger partial charge on any atom is -0.343 e. The Morgan fingerprint density at radius 2 is 1.93 bits per heavy atom. The molecule has 0 radical (unpaired) electrons. The van der Waals surface area contributed by atoms with Crippen LogP contribution >= 0.6 is 23.1 Å². The van der Waals surface area contributed by atoms with E-state index < -0.39 is 0 Å². The van der Waals surface area contributed by atoms with Crippen molar-refractivity contribution in [3.8, 4) is 11.1 Å². The number of carbonyl (C=O) groups excluding carboxylic acids is 1. The number of hydrogen-bond donors (Lipinski definition) is 0. The van der Waals surface area contributed by atoms with Crippen LogP contribution in [-0.4, -0.2) is 39.2 Å². The second kappa shape index (κ2) is 8.49. The summed E-state index contributed by atoms with van der Waals surface area (Å²) in [4.78, 5) is 32.5. The van der Waals surface area contributed by atoms with Crippen LogP contribution in [0.1, 0.15) is 25.0 Å². The Kier molecular flexibility index (Phi) is 6.25. The van der Waals surface area contributed by atoms with Crippen molar-refractivity contribution in [3.63, 3.8) is 0 Å². The zero-order valence-electron chi connectivity index (χ0n) is 16.9. The molecule has 3 aromatic rings. The molecule has 0 aliphatic carbocycles. The number of benzene rings is 1. The van der Waals surface area contributed by atoms with Crippen LogP contribution in [0.2, 0.25) is 0 Å². The van der Waals surface area contributed by atoms with Crippen LogP contribution in [0, 0.1) is 13.8 Å². The van der Waals surface area contributed by atoms with E-state index in [1.807, 2.05) is 19.2 Å². The summed E-state index contributed by atoms with van der Waals surface area (Å²) >= 11 is 2.79. The lowest BCUT2D eigenvalue weighted by atomic mass is 10.0. The lowest BCUT2D eigenvalue weighted by Crippen LogP contribution is -2.32. The van der Waals surface area contributed by atoms with Crippen LogP contribution in [-0.2, 0) is 11.8 Å². The monoisotopic (exact) mass is 415 g/mol. The molecule has 1 amide bonds. The highest BCUT2D eigenvalue weighted by atomic mass is 32.2. The van der Waals surface area contributed by atoms with Gasteiger partial charge in [0.1, 0.15) is 4.83 Å². The van der Waals surface area contributed by atoms with Gasteiger partial charge in [0.15, 0.2) is 5.16 Å². The Labute approximate surface area is 173 Å². The maximum Gasteiger partial charge on any atom is 0.263 e. The lowest BCUT2D eigenvalue weighted by molar-refractivity contribution is -0.127. The van der Waals surface area contributed by atoms with E-state index >= 15 is 0 Å². The summed E-state index contributed by atoms with van der Waals surface area (Å²) < 4.78 is 1.56. The van der Waals surface area contributed by atoms with E-state index in [2.05, 4.69) is 37.0 Å². The van der Waals surface area contributed by atoms with Crippen LogP contribution in [0.15, 0.2) is 33.5 Å². The summed E-state index contributed by atoms with van der Waals surface area (Å²) in [7, 11) is 1.72. The molecule has 0 saturated carbocycles. The zero-order chi connectivity index (χ0) is 20.4. The molecule has 2 aromatic heterocycles. The molecule has 0 aliphatic heterocycles. The first kappa shape index (κ1) is 20.6. The average molecular weight is 416 g/mol. The molecule has 0 spiro atoms. The number of thioether (sulfide) groups is 1. The summed E-state index contributed by atoms with van der Waals surface area (Å²) in [5.41, 5.74) is 4.31. The van der Waals surface area contributed by atoms with Crippen LogP contribution in [0.3, 0.4) is 0 Å². The second-order valence-corrected chi connectivity index (χ2v) is 8.54. The highest BCUT2D eigenvalue weighted by Crippen LogP contribution is 2.33. The van der Waals surface area contributed by atoms with Gasteiger partial charge in [-0.05, 0) is 44.4 Å². The third-order valence-corrected chi connectivity index (χ3v) is 6.92. The van der Waals surface area contributed by atoms with Gasteiger partial charge >= 0.3 is 0 Å². The number of carbonyl (C=O) groups is 1. The fourth-order valence-electron chi connectivity index (χ4n) is 3.10. The van der Waals surface area contributed by atoms with Gasteiger partial charge in [-0.3, -0.25) is 14.2 Å². The Morgan fingerprint density at radius 3 is 2.57 bits per heavy atom. The second-order valence-electron chi connectivity index (χ2n) is 6.74. The molecule has 148 valence electrons. The van der Waals surface area contributed by atoms with E-state index in [0.29, 0.717) is 28.5 Å². The number of amides is 1. The smallest absolute Gasteiger partial charge is 0.263 e. The highest BCUT2D eigenvalue weighted by Gasteiger charge is 2.17. The number of thiophene rings is 1. The van der Waals surface area contributed by atoms with Crippen LogP contribution in [0.25, 0.3) is 21.3 Å². The van der Waals surface area contributed by atoms with Gasteiger partial charge in [-0.25, -0.2) is 4.98 Å². The van der Waals surface area contributed by atoms with Crippen molar-refractivity contribution in [1.29, 1.82) is 0 Å². The first-order chi connectivity index (χ1) is 13.4. The molecule has 0 unspecified atom stereocenters. The maximum absolute atomic E-state index is 13.1. The molecule has 0 N–H and O–H groups in total. The van der Waals surface area contributed by atoms with Gasteiger partial charge in [-0.15, -0.1) is 11.3 Å². The van der Waals surface area contributed by atoms with Gasteiger partial charge in [0.25, 0.3) is 5.56 Å². The molecule has 3 rings (SSSR count). The van der Waals surface area contributed by atoms with E-state index in [0.717, 1.165) is 11.1 Å². The summed E-state index contributed by atoms with van der Waals surface area (Å²) in [6.07, 6.45) is 0. The van der Waals surface area contributed by atoms with Crippen molar-refractivity contribution in [1.82, 2.24) is 14.5 Å². The minimum absolute atomic E-state index is 0.0614. The van der Waals surface area contributed by atoms with Gasteiger partial charge in [-0.1, -0.05) is 30.0 Å².